The average molecular weight is 315 g/mol. The molecule has 1 aromatic carbocycles. The van der Waals surface area contributed by atoms with Gasteiger partial charge in [-0.2, -0.15) is 0 Å². The molecule has 1 heterocycles. The van der Waals surface area contributed by atoms with Crippen molar-refractivity contribution in [2.75, 3.05) is 13.1 Å². The zero-order valence-corrected chi connectivity index (χ0v) is 14.0. The van der Waals surface area contributed by atoms with E-state index in [-0.39, 0.29) is 6.04 Å². The first-order valence-corrected chi connectivity index (χ1v) is 7.97. The van der Waals surface area contributed by atoms with E-state index in [9.17, 15) is 5.11 Å². The number of hydrogen-bond donors (Lipinski definition) is 3. The number of guanidine groups is 1. The Kier molecular flexibility index (Phi) is 6.09. The molecule has 2 aromatic rings. The summed E-state index contributed by atoms with van der Waals surface area (Å²) in [4.78, 5) is 4.58. The highest BCUT2D eigenvalue weighted by Crippen LogP contribution is 2.15. The number of benzene rings is 1. The molecule has 0 saturated heterocycles. The van der Waals surface area contributed by atoms with Gasteiger partial charge in [0.2, 0.25) is 0 Å². The summed E-state index contributed by atoms with van der Waals surface area (Å²) in [5.41, 5.74) is 1.07. The fourth-order valence-electron chi connectivity index (χ4n) is 2.29. The van der Waals surface area contributed by atoms with Gasteiger partial charge in [-0.1, -0.05) is 12.1 Å². The van der Waals surface area contributed by atoms with Gasteiger partial charge in [0.25, 0.3) is 0 Å². The van der Waals surface area contributed by atoms with Gasteiger partial charge >= 0.3 is 0 Å². The van der Waals surface area contributed by atoms with E-state index in [2.05, 4.69) is 15.6 Å². The number of rotatable bonds is 6. The first-order valence-electron chi connectivity index (χ1n) is 7.97. The molecule has 0 aliphatic carbocycles. The van der Waals surface area contributed by atoms with Crippen LogP contribution in [0.2, 0.25) is 0 Å². The minimum Gasteiger partial charge on any atom is -0.508 e. The van der Waals surface area contributed by atoms with Crippen LogP contribution in [0.3, 0.4) is 0 Å². The number of nitrogens with zero attached hydrogens (tertiary/aromatic N) is 1. The highest BCUT2D eigenvalue weighted by atomic mass is 16.3. The van der Waals surface area contributed by atoms with Crippen molar-refractivity contribution >= 4 is 5.96 Å². The third-order valence-electron chi connectivity index (χ3n) is 3.47. The van der Waals surface area contributed by atoms with E-state index in [0.29, 0.717) is 12.3 Å². The van der Waals surface area contributed by atoms with Gasteiger partial charge in [0.05, 0.1) is 6.04 Å². The first kappa shape index (κ1) is 16.9. The lowest BCUT2D eigenvalue weighted by Crippen LogP contribution is -2.38. The van der Waals surface area contributed by atoms with Gasteiger partial charge in [-0.3, -0.25) is 4.99 Å². The molecule has 0 radical (unpaired) electrons. The van der Waals surface area contributed by atoms with Gasteiger partial charge in [0, 0.05) is 13.1 Å². The van der Waals surface area contributed by atoms with E-state index < -0.39 is 0 Å². The van der Waals surface area contributed by atoms with Gasteiger partial charge in [0.1, 0.15) is 17.3 Å². The van der Waals surface area contributed by atoms with Crippen LogP contribution in [0.4, 0.5) is 0 Å². The average Bonchev–Trinajstić information content (AvgIpc) is 2.94. The predicted molar refractivity (Wildman–Crippen MR) is 92.8 cm³/mol. The first-order chi connectivity index (χ1) is 11.1. The maximum Gasteiger partial charge on any atom is 0.191 e. The molecule has 5 nitrogen and oxygen atoms in total. The standard InChI is InChI=1S/C18H25N3O2/c1-4-19-18(21-14(3)17-9-8-13(2)23-17)20-11-10-15-6-5-7-16(22)12-15/h5-9,12,14,22H,4,10-11H2,1-3H3,(H2,19,20,21). The Balaban J connectivity index is 1.94. The highest BCUT2D eigenvalue weighted by molar-refractivity contribution is 5.80. The predicted octanol–water partition coefficient (Wildman–Crippen LogP) is 3.15. The van der Waals surface area contributed by atoms with Gasteiger partial charge in [0.15, 0.2) is 5.96 Å². The van der Waals surface area contributed by atoms with E-state index >= 15 is 0 Å². The van der Waals surface area contributed by atoms with Crippen molar-refractivity contribution in [1.29, 1.82) is 0 Å². The van der Waals surface area contributed by atoms with Gasteiger partial charge < -0.3 is 20.2 Å². The third kappa shape index (κ3) is 5.36. The fraction of sp³-hybridized carbons (Fsp3) is 0.389. The van der Waals surface area contributed by atoms with Crippen LogP contribution in [0.5, 0.6) is 5.75 Å². The summed E-state index contributed by atoms with van der Waals surface area (Å²) in [6.07, 6.45) is 0.777. The second-order valence-electron chi connectivity index (χ2n) is 5.49. The second kappa shape index (κ2) is 8.27. The van der Waals surface area contributed by atoms with Crippen LogP contribution in [0.1, 0.15) is 37.0 Å². The molecular formula is C18H25N3O2. The number of aromatic hydroxyl groups is 1. The number of hydrogen-bond acceptors (Lipinski definition) is 3. The SMILES string of the molecule is CCNC(=NCCc1cccc(O)c1)NC(C)c1ccc(C)o1. The minimum absolute atomic E-state index is 0.0438. The molecular weight excluding hydrogens is 290 g/mol. The van der Waals surface area contributed by atoms with E-state index in [0.717, 1.165) is 36.0 Å². The smallest absolute Gasteiger partial charge is 0.191 e. The van der Waals surface area contributed by atoms with Crippen molar-refractivity contribution in [3.05, 3.63) is 53.5 Å². The van der Waals surface area contributed by atoms with E-state index in [1.165, 1.54) is 0 Å². The summed E-state index contributed by atoms with van der Waals surface area (Å²) in [6, 6.07) is 11.3. The molecule has 2 rings (SSSR count). The van der Waals surface area contributed by atoms with Crippen LogP contribution < -0.4 is 10.6 Å². The van der Waals surface area contributed by atoms with Gasteiger partial charge in [-0.25, -0.2) is 0 Å². The summed E-state index contributed by atoms with van der Waals surface area (Å²) in [7, 11) is 0. The number of phenolic OH excluding ortho intramolecular Hbond substituents is 1. The zero-order chi connectivity index (χ0) is 16.7. The van der Waals surface area contributed by atoms with Crippen LogP contribution in [-0.2, 0) is 6.42 Å². The molecule has 0 aliphatic heterocycles. The van der Waals surface area contributed by atoms with Crippen molar-refractivity contribution in [1.82, 2.24) is 10.6 Å². The summed E-state index contributed by atoms with van der Waals surface area (Å²) in [6.45, 7) is 7.45. The molecule has 0 fully saturated rings. The van der Waals surface area contributed by atoms with E-state index in [4.69, 9.17) is 4.42 Å². The van der Waals surface area contributed by atoms with Crippen LogP contribution in [0.15, 0.2) is 45.8 Å². The largest absolute Gasteiger partial charge is 0.508 e. The maximum absolute atomic E-state index is 9.48. The van der Waals surface area contributed by atoms with Crippen LogP contribution in [0.25, 0.3) is 0 Å². The van der Waals surface area contributed by atoms with Gasteiger partial charge in [-0.05, 0) is 57.0 Å². The molecule has 1 atom stereocenters. The lowest BCUT2D eigenvalue weighted by atomic mass is 10.1. The molecule has 1 unspecified atom stereocenters. The molecule has 0 aliphatic rings. The molecule has 0 amide bonds. The van der Waals surface area contributed by atoms with Crippen molar-refractivity contribution in [3.63, 3.8) is 0 Å². The molecule has 5 heteroatoms. The molecule has 124 valence electrons. The minimum atomic E-state index is 0.0438. The number of nitrogens with one attached hydrogen (secondary N) is 2. The van der Waals surface area contributed by atoms with Crippen LogP contribution in [0, 0.1) is 6.92 Å². The summed E-state index contributed by atoms with van der Waals surface area (Å²) < 4.78 is 5.64. The summed E-state index contributed by atoms with van der Waals surface area (Å²) >= 11 is 0. The third-order valence-corrected chi connectivity index (χ3v) is 3.47. The Hall–Kier alpha value is -2.43. The van der Waals surface area contributed by atoms with Crippen LogP contribution >= 0.6 is 0 Å². The van der Waals surface area contributed by atoms with Crippen molar-refractivity contribution < 1.29 is 9.52 Å². The monoisotopic (exact) mass is 315 g/mol. The molecule has 3 N–H and O–H groups in total. The number of phenols is 1. The van der Waals surface area contributed by atoms with Crippen molar-refractivity contribution in [2.24, 2.45) is 4.99 Å². The highest BCUT2D eigenvalue weighted by Gasteiger charge is 2.11. The Morgan fingerprint density at radius 2 is 2.13 bits per heavy atom. The van der Waals surface area contributed by atoms with Crippen molar-refractivity contribution in [2.45, 2.75) is 33.2 Å². The molecule has 0 bridgehead atoms. The van der Waals surface area contributed by atoms with Crippen LogP contribution in [-0.4, -0.2) is 24.2 Å². The zero-order valence-electron chi connectivity index (χ0n) is 14.0. The van der Waals surface area contributed by atoms with E-state index in [1.54, 1.807) is 12.1 Å². The summed E-state index contributed by atoms with van der Waals surface area (Å²) in [5.74, 6) is 2.84. The maximum atomic E-state index is 9.48. The molecule has 23 heavy (non-hydrogen) atoms. The van der Waals surface area contributed by atoms with Crippen molar-refractivity contribution in [3.8, 4) is 5.75 Å². The number of furan rings is 1. The molecule has 0 saturated carbocycles. The quantitative estimate of drug-likeness (QED) is 0.566. The fourth-order valence-corrected chi connectivity index (χ4v) is 2.29. The van der Waals surface area contributed by atoms with E-state index in [1.807, 2.05) is 45.0 Å². The number of aliphatic imine (C=N–C) groups is 1. The Morgan fingerprint density at radius 1 is 1.30 bits per heavy atom. The Labute approximate surface area is 137 Å². The Bertz CT molecular complexity index is 649. The van der Waals surface area contributed by atoms with Gasteiger partial charge in [-0.15, -0.1) is 0 Å². The molecule has 1 aromatic heterocycles. The Morgan fingerprint density at radius 3 is 2.78 bits per heavy atom. The summed E-state index contributed by atoms with van der Waals surface area (Å²) in [5, 5.41) is 16.1. The second-order valence-corrected chi connectivity index (χ2v) is 5.49. The number of aryl methyl sites for hydroxylation is 1. The lowest BCUT2D eigenvalue weighted by Gasteiger charge is -2.16. The normalized spacial score (nSPS) is 12.9. The topological polar surface area (TPSA) is 69.8 Å². The lowest BCUT2D eigenvalue weighted by molar-refractivity contribution is 0.441. The molecule has 0 spiro atoms.